The van der Waals surface area contributed by atoms with Crippen LogP contribution in [0.5, 0.6) is 0 Å². The van der Waals surface area contributed by atoms with E-state index in [9.17, 15) is 22.8 Å². The standard InChI is InChI=1S/C32H33F3N4O2/c33-22-7-10-24(11-8-22)39-29-12-9-23(34)20-26(29)27-21-36(15-13-30(27)39)14-3-6-31(40)37-16-18-38(19-17-37)32(41)25-4-1-2-5-28(25)35/h1-2,4-5,7-12,20,27,30H,3,6,13-19,21H2. The van der Waals surface area contributed by atoms with Crippen molar-refractivity contribution in [3.8, 4) is 0 Å². The highest BCUT2D eigenvalue weighted by atomic mass is 19.1. The van der Waals surface area contributed by atoms with Gasteiger partial charge >= 0.3 is 0 Å². The van der Waals surface area contributed by atoms with E-state index >= 15 is 0 Å². The topological polar surface area (TPSA) is 47.1 Å². The van der Waals surface area contributed by atoms with Crippen LogP contribution in [0.3, 0.4) is 0 Å². The lowest BCUT2D eigenvalue weighted by atomic mass is 9.89. The monoisotopic (exact) mass is 562 g/mol. The van der Waals surface area contributed by atoms with E-state index in [1.54, 1.807) is 40.1 Å². The molecule has 6 nitrogen and oxygen atoms in total. The van der Waals surface area contributed by atoms with E-state index in [-0.39, 0.29) is 41.0 Å². The molecule has 9 heteroatoms. The predicted octanol–water partition coefficient (Wildman–Crippen LogP) is 5.18. The average Bonchev–Trinajstić information content (AvgIpc) is 3.30. The van der Waals surface area contributed by atoms with Gasteiger partial charge in [-0.2, -0.15) is 0 Å². The molecule has 0 radical (unpaired) electrons. The Labute approximate surface area is 237 Å². The van der Waals surface area contributed by atoms with Gasteiger partial charge in [-0.15, -0.1) is 0 Å². The van der Waals surface area contributed by atoms with Crippen molar-refractivity contribution in [3.05, 3.63) is 95.3 Å². The van der Waals surface area contributed by atoms with Crippen molar-refractivity contribution >= 4 is 23.2 Å². The number of fused-ring (bicyclic) bond motifs is 3. The smallest absolute Gasteiger partial charge is 0.256 e. The van der Waals surface area contributed by atoms with E-state index in [2.05, 4.69) is 9.80 Å². The van der Waals surface area contributed by atoms with Crippen LogP contribution in [0.2, 0.25) is 0 Å². The second-order valence-corrected chi connectivity index (χ2v) is 11.1. The van der Waals surface area contributed by atoms with E-state index in [1.807, 2.05) is 6.07 Å². The summed E-state index contributed by atoms with van der Waals surface area (Å²) in [6, 6.07) is 17.5. The zero-order chi connectivity index (χ0) is 28.5. The molecule has 2 atom stereocenters. The first-order valence-corrected chi connectivity index (χ1v) is 14.3. The summed E-state index contributed by atoms with van der Waals surface area (Å²) < 4.78 is 41.9. The Kier molecular flexibility index (Phi) is 7.71. The highest BCUT2D eigenvalue weighted by Crippen LogP contribution is 2.48. The van der Waals surface area contributed by atoms with Crippen molar-refractivity contribution < 1.29 is 22.8 Å². The molecule has 2 unspecified atom stereocenters. The molecule has 0 aromatic heterocycles. The first kappa shape index (κ1) is 27.3. The number of halogens is 3. The maximum atomic E-state index is 14.3. The van der Waals surface area contributed by atoms with E-state index in [4.69, 9.17) is 0 Å². The summed E-state index contributed by atoms with van der Waals surface area (Å²) in [5, 5.41) is 0. The summed E-state index contributed by atoms with van der Waals surface area (Å²) in [6.45, 7) is 4.04. The predicted molar refractivity (Wildman–Crippen MR) is 151 cm³/mol. The Morgan fingerprint density at radius 1 is 0.805 bits per heavy atom. The third-order valence-corrected chi connectivity index (χ3v) is 8.63. The number of anilines is 2. The van der Waals surface area contributed by atoms with Crippen molar-refractivity contribution in [3.63, 3.8) is 0 Å². The molecule has 2 amide bonds. The number of piperazine rings is 1. The largest absolute Gasteiger partial charge is 0.339 e. The van der Waals surface area contributed by atoms with E-state index < -0.39 is 5.82 Å². The maximum absolute atomic E-state index is 14.3. The van der Waals surface area contributed by atoms with Gasteiger partial charge in [-0.1, -0.05) is 12.1 Å². The summed E-state index contributed by atoms with van der Waals surface area (Å²) in [4.78, 5) is 33.5. The molecule has 3 aromatic carbocycles. The van der Waals surface area contributed by atoms with Crippen LogP contribution in [0.15, 0.2) is 66.7 Å². The number of amides is 2. The number of benzene rings is 3. The summed E-state index contributed by atoms with van der Waals surface area (Å²) in [7, 11) is 0. The van der Waals surface area contributed by atoms with Gasteiger partial charge < -0.3 is 19.6 Å². The van der Waals surface area contributed by atoms with Crippen LogP contribution < -0.4 is 4.90 Å². The Bertz CT molecular complexity index is 1420. The lowest BCUT2D eigenvalue weighted by Crippen LogP contribution is -2.50. The normalized spacial score (nSPS) is 20.6. The Morgan fingerprint density at radius 2 is 1.51 bits per heavy atom. The SMILES string of the molecule is O=C(CCCN1CCC2C(C1)c1cc(F)ccc1N2c1ccc(F)cc1)N1CCN(C(=O)c2ccccc2F)CC1. The van der Waals surface area contributed by atoms with Gasteiger partial charge in [0.15, 0.2) is 0 Å². The zero-order valence-electron chi connectivity index (χ0n) is 22.8. The second-order valence-electron chi connectivity index (χ2n) is 11.1. The van der Waals surface area contributed by atoms with Gasteiger partial charge in [-0.05, 0) is 79.5 Å². The fourth-order valence-corrected chi connectivity index (χ4v) is 6.55. The number of carbonyl (C=O) groups excluding carboxylic acids is 2. The Morgan fingerprint density at radius 3 is 2.27 bits per heavy atom. The highest BCUT2D eigenvalue weighted by Gasteiger charge is 2.42. The maximum Gasteiger partial charge on any atom is 0.256 e. The van der Waals surface area contributed by atoms with E-state index in [0.29, 0.717) is 39.0 Å². The van der Waals surface area contributed by atoms with Gasteiger partial charge in [0, 0.05) is 69.0 Å². The average molecular weight is 563 g/mol. The van der Waals surface area contributed by atoms with Gasteiger partial charge in [0.05, 0.1) is 5.56 Å². The van der Waals surface area contributed by atoms with E-state index in [0.717, 1.165) is 43.0 Å². The molecular weight excluding hydrogens is 529 g/mol. The Balaban J connectivity index is 1.02. The van der Waals surface area contributed by atoms with Gasteiger partial charge in [-0.25, -0.2) is 13.2 Å². The van der Waals surface area contributed by atoms with Crippen molar-refractivity contribution in [2.45, 2.75) is 31.2 Å². The van der Waals surface area contributed by atoms with Crippen LogP contribution in [-0.4, -0.2) is 78.4 Å². The van der Waals surface area contributed by atoms with Gasteiger partial charge in [-0.3, -0.25) is 9.59 Å². The first-order chi connectivity index (χ1) is 19.9. The van der Waals surface area contributed by atoms with Crippen LogP contribution in [0.25, 0.3) is 0 Å². The van der Waals surface area contributed by atoms with Crippen molar-refractivity contribution in [1.82, 2.24) is 14.7 Å². The summed E-state index contributed by atoms with van der Waals surface area (Å²) >= 11 is 0. The molecule has 41 heavy (non-hydrogen) atoms. The quantitative estimate of drug-likeness (QED) is 0.416. The van der Waals surface area contributed by atoms with Crippen LogP contribution in [0, 0.1) is 17.5 Å². The van der Waals surface area contributed by atoms with Gasteiger partial charge in [0.2, 0.25) is 5.91 Å². The minimum atomic E-state index is -0.533. The molecule has 2 saturated heterocycles. The molecule has 3 heterocycles. The number of hydrogen-bond donors (Lipinski definition) is 0. The molecule has 0 spiro atoms. The molecule has 214 valence electrons. The number of likely N-dealkylation sites (tertiary alicyclic amines) is 1. The zero-order valence-corrected chi connectivity index (χ0v) is 22.8. The molecule has 3 aromatic rings. The van der Waals surface area contributed by atoms with Crippen molar-refractivity contribution in [2.24, 2.45) is 0 Å². The number of rotatable bonds is 6. The number of carbonyl (C=O) groups is 2. The first-order valence-electron chi connectivity index (χ1n) is 14.3. The molecular formula is C32H33F3N4O2. The summed E-state index contributed by atoms with van der Waals surface area (Å²) in [6.07, 6.45) is 2.01. The summed E-state index contributed by atoms with van der Waals surface area (Å²) in [5.41, 5.74) is 2.91. The number of nitrogens with zero attached hydrogens (tertiary/aromatic N) is 4. The van der Waals surface area contributed by atoms with Gasteiger partial charge in [0.25, 0.3) is 5.91 Å². The molecule has 2 fully saturated rings. The van der Waals surface area contributed by atoms with Gasteiger partial charge in [0.1, 0.15) is 17.5 Å². The number of hydrogen-bond acceptors (Lipinski definition) is 4. The molecule has 0 aliphatic carbocycles. The lowest BCUT2D eigenvalue weighted by molar-refractivity contribution is -0.132. The minimum absolute atomic E-state index is 0.0597. The molecule has 0 N–H and O–H groups in total. The molecule has 3 aliphatic rings. The number of piperidine rings is 1. The van der Waals surface area contributed by atoms with Crippen molar-refractivity contribution in [1.29, 1.82) is 0 Å². The molecule has 3 aliphatic heterocycles. The minimum Gasteiger partial charge on any atom is -0.339 e. The van der Waals surface area contributed by atoms with Crippen LogP contribution in [-0.2, 0) is 4.79 Å². The van der Waals surface area contributed by atoms with Crippen LogP contribution in [0.1, 0.15) is 41.1 Å². The third kappa shape index (κ3) is 5.55. The molecule has 0 saturated carbocycles. The molecule has 0 bridgehead atoms. The third-order valence-electron chi connectivity index (χ3n) is 8.63. The summed E-state index contributed by atoms with van der Waals surface area (Å²) in [5.74, 6) is -1.24. The van der Waals surface area contributed by atoms with Crippen molar-refractivity contribution in [2.75, 3.05) is 50.7 Å². The molecule has 6 rings (SSSR count). The van der Waals surface area contributed by atoms with Crippen LogP contribution >= 0.6 is 0 Å². The van der Waals surface area contributed by atoms with Crippen LogP contribution in [0.4, 0.5) is 24.5 Å². The fourth-order valence-electron chi connectivity index (χ4n) is 6.55. The van der Waals surface area contributed by atoms with E-state index in [1.165, 1.54) is 30.3 Å². The fraction of sp³-hybridized carbons (Fsp3) is 0.375. The Hall–Kier alpha value is -3.85. The lowest BCUT2D eigenvalue weighted by Gasteiger charge is -2.39. The highest BCUT2D eigenvalue weighted by molar-refractivity contribution is 5.94. The second kappa shape index (κ2) is 11.6.